The Bertz CT molecular complexity index is 1160. The Labute approximate surface area is 178 Å². The number of ketones is 1. The lowest BCUT2D eigenvalue weighted by atomic mass is 10.1. The molecule has 3 aromatic rings. The lowest BCUT2D eigenvalue weighted by Gasteiger charge is -2.05. The molecule has 0 N–H and O–H groups in total. The molecule has 0 saturated carbocycles. The molecule has 0 unspecified atom stereocenters. The molecular weight excluding hydrogens is 400 g/mol. The third-order valence-corrected chi connectivity index (χ3v) is 5.86. The van der Waals surface area contributed by atoms with Crippen LogP contribution in [0.5, 0.6) is 0 Å². The van der Waals surface area contributed by atoms with Crippen molar-refractivity contribution in [3.05, 3.63) is 64.0 Å². The molecule has 2 aromatic carbocycles. The summed E-state index contributed by atoms with van der Waals surface area (Å²) in [6, 6.07) is 12.5. The van der Waals surface area contributed by atoms with Gasteiger partial charge in [0, 0.05) is 11.1 Å². The molecule has 0 saturated heterocycles. The molecule has 0 atom stereocenters. The summed E-state index contributed by atoms with van der Waals surface area (Å²) in [6.45, 7) is 3.60. The van der Waals surface area contributed by atoms with Gasteiger partial charge in [0.1, 0.15) is 6.54 Å². The number of amides is 1. The summed E-state index contributed by atoms with van der Waals surface area (Å²) in [5.74, 6) is -0.906. The van der Waals surface area contributed by atoms with E-state index in [4.69, 9.17) is 4.74 Å². The summed E-state index contributed by atoms with van der Waals surface area (Å²) in [6.07, 6.45) is 3.20. The van der Waals surface area contributed by atoms with E-state index in [1.54, 1.807) is 28.8 Å². The highest BCUT2D eigenvalue weighted by Gasteiger charge is 2.13. The van der Waals surface area contributed by atoms with Gasteiger partial charge in [-0.15, -0.1) is 0 Å². The minimum absolute atomic E-state index is 0.0276. The van der Waals surface area contributed by atoms with Crippen LogP contribution >= 0.6 is 11.3 Å². The third-order valence-electron chi connectivity index (χ3n) is 4.82. The lowest BCUT2D eigenvalue weighted by Crippen LogP contribution is -2.22. The van der Waals surface area contributed by atoms with Crippen molar-refractivity contribution in [2.24, 2.45) is 4.99 Å². The Morgan fingerprint density at radius 3 is 2.40 bits per heavy atom. The average molecular weight is 425 g/mol. The number of nitrogens with zero attached hydrogens (tertiary/aromatic N) is 2. The summed E-state index contributed by atoms with van der Waals surface area (Å²) >= 11 is 1.37. The second-order valence-corrected chi connectivity index (χ2v) is 8.01. The minimum Gasteiger partial charge on any atom is -0.468 e. The van der Waals surface area contributed by atoms with Gasteiger partial charge in [0.05, 0.1) is 17.3 Å². The summed E-state index contributed by atoms with van der Waals surface area (Å²) in [7, 11) is 1.33. The molecule has 1 amide bonds. The van der Waals surface area contributed by atoms with E-state index in [1.807, 2.05) is 12.1 Å². The third kappa shape index (κ3) is 4.91. The number of methoxy groups -OCH3 is 1. The van der Waals surface area contributed by atoms with Gasteiger partial charge in [-0.05, 0) is 49.6 Å². The predicted molar refractivity (Wildman–Crippen MR) is 117 cm³/mol. The van der Waals surface area contributed by atoms with Crippen LogP contribution in [-0.2, 0) is 22.5 Å². The molecule has 7 heteroatoms. The number of Topliss-reactive ketones (excluding diaryl/α,β-unsaturated/α-hetero) is 1. The quantitative estimate of drug-likeness (QED) is 0.421. The molecule has 0 aliphatic rings. The molecule has 0 bridgehead atoms. The summed E-state index contributed by atoms with van der Waals surface area (Å²) < 4.78 is 7.49. The maximum atomic E-state index is 12.7. The van der Waals surface area contributed by atoms with Crippen molar-refractivity contribution < 1.29 is 19.1 Å². The Kier molecular flexibility index (Phi) is 6.95. The number of benzene rings is 2. The first-order valence-corrected chi connectivity index (χ1v) is 10.6. The molecule has 156 valence electrons. The van der Waals surface area contributed by atoms with E-state index in [1.165, 1.54) is 30.9 Å². The van der Waals surface area contributed by atoms with Gasteiger partial charge in [0.25, 0.3) is 5.91 Å². The molecule has 3 rings (SSSR count). The predicted octanol–water partition coefficient (Wildman–Crippen LogP) is 4.16. The van der Waals surface area contributed by atoms with Crippen LogP contribution in [0.3, 0.4) is 0 Å². The van der Waals surface area contributed by atoms with Crippen molar-refractivity contribution in [3.63, 3.8) is 0 Å². The number of aryl methyl sites for hydroxylation is 1. The topological polar surface area (TPSA) is 77.7 Å². The molecular formula is C23H24N2O4S. The van der Waals surface area contributed by atoms with E-state index in [9.17, 15) is 14.4 Å². The highest BCUT2D eigenvalue weighted by molar-refractivity contribution is 7.16. The van der Waals surface area contributed by atoms with Crippen LogP contribution in [0.25, 0.3) is 10.2 Å². The van der Waals surface area contributed by atoms with Crippen molar-refractivity contribution in [1.29, 1.82) is 0 Å². The number of esters is 1. The van der Waals surface area contributed by atoms with Crippen molar-refractivity contribution in [3.8, 4) is 0 Å². The fourth-order valence-electron chi connectivity index (χ4n) is 3.08. The smallest absolute Gasteiger partial charge is 0.325 e. The van der Waals surface area contributed by atoms with Crippen molar-refractivity contribution in [2.75, 3.05) is 7.11 Å². The number of ether oxygens (including phenoxy) is 1. The molecule has 30 heavy (non-hydrogen) atoms. The Morgan fingerprint density at radius 1 is 1.07 bits per heavy atom. The van der Waals surface area contributed by atoms with Crippen molar-refractivity contribution in [1.82, 2.24) is 4.57 Å². The van der Waals surface area contributed by atoms with Crippen molar-refractivity contribution in [2.45, 2.75) is 39.7 Å². The molecule has 0 radical (unpaired) electrons. The van der Waals surface area contributed by atoms with E-state index >= 15 is 0 Å². The van der Waals surface area contributed by atoms with Gasteiger partial charge in [-0.2, -0.15) is 4.99 Å². The van der Waals surface area contributed by atoms with Crippen LogP contribution in [-0.4, -0.2) is 29.3 Å². The van der Waals surface area contributed by atoms with Gasteiger partial charge in [-0.1, -0.05) is 42.9 Å². The normalized spacial score (nSPS) is 11.6. The largest absolute Gasteiger partial charge is 0.468 e. The Hall–Kier alpha value is -3.06. The van der Waals surface area contributed by atoms with Crippen LogP contribution in [0.15, 0.2) is 47.5 Å². The zero-order chi connectivity index (χ0) is 21.7. The second-order valence-electron chi connectivity index (χ2n) is 7.00. The van der Waals surface area contributed by atoms with E-state index in [2.05, 4.69) is 18.0 Å². The van der Waals surface area contributed by atoms with Crippen LogP contribution < -0.4 is 4.80 Å². The van der Waals surface area contributed by atoms with Gasteiger partial charge in [0.2, 0.25) is 0 Å². The molecule has 0 aliphatic heterocycles. The second kappa shape index (κ2) is 9.63. The molecule has 6 nitrogen and oxygen atoms in total. The first-order chi connectivity index (χ1) is 14.4. The number of unbranched alkanes of at least 4 members (excludes halogenated alkanes) is 1. The fraction of sp³-hybridized carbons (Fsp3) is 0.304. The summed E-state index contributed by atoms with van der Waals surface area (Å²) in [4.78, 5) is 40.8. The van der Waals surface area contributed by atoms with E-state index in [-0.39, 0.29) is 12.3 Å². The van der Waals surface area contributed by atoms with E-state index in [0.29, 0.717) is 15.9 Å². The maximum absolute atomic E-state index is 12.7. The molecule has 0 fully saturated rings. The number of hydrogen-bond donors (Lipinski definition) is 0. The Morgan fingerprint density at radius 2 is 1.77 bits per heavy atom. The molecule has 1 heterocycles. The van der Waals surface area contributed by atoms with E-state index < -0.39 is 11.9 Å². The average Bonchev–Trinajstić information content (AvgIpc) is 3.08. The molecule has 1 aromatic heterocycles. The first kappa shape index (κ1) is 21.6. The standard InChI is InChI=1S/C23H24N2O4S/c1-4-5-6-16-7-12-19-20(13-16)30-23(25(19)14-21(27)29-3)24-22(28)18-10-8-17(9-11-18)15(2)26/h7-13H,4-6,14H2,1-3H3. The number of rotatable bonds is 7. The van der Waals surface area contributed by atoms with Gasteiger partial charge in [-0.25, -0.2) is 0 Å². The highest BCUT2D eigenvalue weighted by Crippen LogP contribution is 2.21. The number of hydrogen-bond acceptors (Lipinski definition) is 5. The van der Waals surface area contributed by atoms with Crippen LogP contribution in [0.1, 0.15) is 53.0 Å². The molecule has 0 spiro atoms. The van der Waals surface area contributed by atoms with Crippen LogP contribution in [0, 0.1) is 0 Å². The Balaban J connectivity index is 2.04. The van der Waals surface area contributed by atoms with Crippen molar-refractivity contribution >= 4 is 39.2 Å². The fourth-order valence-corrected chi connectivity index (χ4v) is 4.18. The van der Waals surface area contributed by atoms with Crippen LogP contribution in [0.2, 0.25) is 0 Å². The maximum Gasteiger partial charge on any atom is 0.325 e. The number of thiazole rings is 1. The number of fused-ring (bicyclic) bond motifs is 1. The van der Waals surface area contributed by atoms with Gasteiger partial charge >= 0.3 is 5.97 Å². The SMILES string of the molecule is CCCCc1ccc2c(c1)sc(=NC(=O)c1ccc(C(C)=O)cc1)n2CC(=O)OC. The van der Waals surface area contributed by atoms with Gasteiger partial charge < -0.3 is 9.30 Å². The van der Waals surface area contributed by atoms with Gasteiger partial charge in [-0.3, -0.25) is 14.4 Å². The summed E-state index contributed by atoms with van der Waals surface area (Å²) in [5.41, 5.74) is 2.97. The number of carbonyl (C=O) groups is 3. The highest BCUT2D eigenvalue weighted by atomic mass is 32.1. The summed E-state index contributed by atoms with van der Waals surface area (Å²) in [5, 5.41) is 0. The number of aromatic nitrogens is 1. The molecule has 0 aliphatic carbocycles. The zero-order valence-corrected chi connectivity index (χ0v) is 18.1. The first-order valence-electron chi connectivity index (χ1n) is 9.82. The lowest BCUT2D eigenvalue weighted by molar-refractivity contribution is -0.141. The minimum atomic E-state index is -0.429. The van der Waals surface area contributed by atoms with Gasteiger partial charge in [0.15, 0.2) is 10.6 Å². The zero-order valence-electron chi connectivity index (χ0n) is 17.3. The monoisotopic (exact) mass is 424 g/mol. The van der Waals surface area contributed by atoms with E-state index in [0.717, 1.165) is 29.5 Å². The van der Waals surface area contributed by atoms with Crippen LogP contribution in [0.4, 0.5) is 0 Å². The number of carbonyl (C=O) groups excluding carboxylic acids is 3.